The molecule has 0 unspecified atom stereocenters. The van der Waals surface area contributed by atoms with E-state index in [-0.39, 0.29) is 11.8 Å². The van der Waals surface area contributed by atoms with Crippen LogP contribution in [-0.2, 0) is 16.1 Å². The van der Waals surface area contributed by atoms with E-state index in [0.29, 0.717) is 49.9 Å². The normalized spacial score (nSPS) is 16.2. The van der Waals surface area contributed by atoms with Crippen LogP contribution in [0.15, 0.2) is 48.5 Å². The standard InChI is InChI=1S/C31H41N3O5/c1-31(2,3)39-30(37)32-22-23-8-6-9-25(20-23)24-12-17-34(18-13-24)29(36)26-10-7-11-27(21-26)38-19-14-28(35)33-15-4-5-16-33/h6-11,20-21,24H,4-5,12-19,22H2,1-3H3,(H,32,37). The predicted octanol–water partition coefficient (Wildman–Crippen LogP) is 5.12. The Morgan fingerprint density at radius 3 is 2.36 bits per heavy atom. The molecule has 0 aliphatic carbocycles. The van der Waals surface area contributed by atoms with E-state index in [1.807, 2.05) is 60.9 Å². The molecule has 2 aromatic carbocycles. The van der Waals surface area contributed by atoms with Crippen LogP contribution >= 0.6 is 0 Å². The van der Waals surface area contributed by atoms with Gasteiger partial charge in [-0.3, -0.25) is 9.59 Å². The molecule has 0 saturated carbocycles. The number of alkyl carbamates (subject to hydrolysis) is 1. The number of hydrogen-bond donors (Lipinski definition) is 1. The van der Waals surface area contributed by atoms with Crippen LogP contribution < -0.4 is 10.1 Å². The number of carbonyl (C=O) groups is 3. The van der Waals surface area contributed by atoms with Gasteiger partial charge in [-0.1, -0.05) is 30.3 Å². The zero-order valence-corrected chi connectivity index (χ0v) is 23.4. The molecule has 2 fully saturated rings. The predicted molar refractivity (Wildman–Crippen MR) is 150 cm³/mol. The molecule has 2 aliphatic heterocycles. The first-order valence-electron chi connectivity index (χ1n) is 14.0. The fourth-order valence-corrected chi connectivity index (χ4v) is 5.14. The van der Waals surface area contributed by atoms with Crippen molar-refractivity contribution in [3.8, 4) is 5.75 Å². The lowest BCUT2D eigenvalue weighted by molar-refractivity contribution is -0.130. The van der Waals surface area contributed by atoms with Crippen molar-refractivity contribution in [2.24, 2.45) is 0 Å². The summed E-state index contributed by atoms with van der Waals surface area (Å²) in [7, 11) is 0. The molecule has 2 aromatic rings. The molecule has 0 atom stereocenters. The second-order valence-electron chi connectivity index (χ2n) is 11.4. The Balaban J connectivity index is 1.25. The van der Waals surface area contributed by atoms with Crippen LogP contribution in [0.25, 0.3) is 0 Å². The molecule has 39 heavy (non-hydrogen) atoms. The molecule has 1 N–H and O–H groups in total. The van der Waals surface area contributed by atoms with E-state index in [0.717, 1.165) is 44.3 Å². The minimum atomic E-state index is -0.529. The van der Waals surface area contributed by atoms with E-state index in [4.69, 9.17) is 9.47 Å². The molecule has 0 bridgehead atoms. The zero-order valence-electron chi connectivity index (χ0n) is 23.4. The average molecular weight is 536 g/mol. The van der Waals surface area contributed by atoms with E-state index >= 15 is 0 Å². The number of ether oxygens (including phenoxy) is 2. The van der Waals surface area contributed by atoms with E-state index in [2.05, 4.69) is 17.4 Å². The molecule has 4 rings (SSSR count). The smallest absolute Gasteiger partial charge is 0.407 e. The van der Waals surface area contributed by atoms with Crippen molar-refractivity contribution >= 4 is 17.9 Å². The van der Waals surface area contributed by atoms with Gasteiger partial charge in [0.05, 0.1) is 13.0 Å². The van der Waals surface area contributed by atoms with E-state index in [9.17, 15) is 14.4 Å². The molecule has 0 spiro atoms. The topological polar surface area (TPSA) is 88.2 Å². The van der Waals surface area contributed by atoms with Gasteiger partial charge in [0.25, 0.3) is 5.91 Å². The lowest BCUT2D eigenvalue weighted by atomic mass is 9.88. The van der Waals surface area contributed by atoms with Crippen molar-refractivity contribution in [1.82, 2.24) is 15.1 Å². The van der Waals surface area contributed by atoms with Crippen molar-refractivity contribution in [3.63, 3.8) is 0 Å². The van der Waals surface area contributed by atoms with E-state index < -0.39 is 11.7 Å². The Morgan fingerprint density at radius 1 is 0.923 bits per heavy atom. The first-order chi connectivity index (χ1) is 18.7. The largest absolute Gasteiger partial charge is 0.493 e. The summed E-state index contributed by atoms with van der Waals surface area (Å²) < 4.78 is 11.1. The number of benzene rings is 2. The highest BCUT2D eigenvalue weighted by molar-refractivity contribution is 5.94. The highest BCUT2D eigenvalue weighted by Crippen LogP contribution is 2.29. The summed E-state index contributed by atoms with van der Waals surface area (Å²) in [5.74, 6) is 1.11. The summed E-state index contributed by atoms with van der Waals surface area (Å²) in [6, 6.07) is 15.5. The molecule has 2 saturated heterocycles. The second-order valence-corrected chi connectivity index (χ2v) is 11.4. The average Bonchev–Trinajstić information content (AvgIpc) is 3.46. The third-order valence-corrected chi connectivity index (χ3v) is 7.16. The van der Waals surface area contributed by atoms with Crippen LogP contribution in [0, 0.1) is 0 Å². The molecular formula is C31H41N3O5. The van der Waals surface area contributed by atoms with Gasteiger partial charge in [0.1, 0.15) is 11.4 Å². The minimum absolute atomic E-state index is 0.00218. The number of nitrogens with one attached hydrogen (secondary N) is 1. The van der Waals surface area contributed by atoms with Crippen LogP contribution in [0.5, 0.6) is 5.75 Å². The van der Waals surface area contributed by atoms with Gasteiger partial charge in [-0.05, 0) is 81.7 Å². The maximum atomic E-state index is 13.2. The zero-order chi connectivity index (χ0) is 27.8. The Hall–Kier alpha value is -3.55. The highest BCUT2D eigenvalue weighted by atomic mass is 16.6. The highest BCUT2D eigenvalue weighted by Gasteiger charge is 2.25. The summed E-state index contributed by atoms with van der Waals surface area (Å²) in [4.78, 5) is 41.2. The Bertz CT molecular complexity index is 1140. The lowest BCUT2D eigenvalue weighted by Gasteiger charge is -2.32. The monoisotopic (exact) mass is 535 g/mol. The SMILES string of the molecule is CC(C)(C)OC(=O)NCc1cccc(C2CCN(C(=O)c3cccc(OCCC(=O)N4CCCC4)c3)CC2)c1. The number of rotatable bonds is 8. The summed E-state index contributed by atoms with van der Waals surface area (Å²) in [5, 5.41) is 2.82. The van der Waals surface area contributed by atoms with Crippen molar-refractivity contribution in [2.75, 3.05) is 32.8 Å². The number of hydrogen-bond acceptors (Lipinski definition) is 5. The third kappa shape index (κ3) is 8.47. The second kappa shape index (κ2) is 13.0. The fourth-order valence-electron chi connectivity index (χ4n) is 5.14. The number of likely N-dealkylation sites (tertiary alicyclic amines) is 2. The Labute approximate surface area is 231 Å². The number of carbonyl (C=O) groups excluding carboxylic acids is 3. The first kappa shape index (κ1) is 28.5. The molecule has 2 aliphatic rings. The van der Waals surface area contributed by atoms with Crippen LogP contribution in [0.4, 0.5) is 4.79 Å². The molecule has 8 nitrogen and oxygen atoms in total. The Morgan fingerprint density at radius 2 is 1.64 bits per heavy atom. The van der Waals surface area contributed by atoms with Gasteiger partial charge in [-0.25, -0.2) is 4.79 Å². The number of piperidine rings is 1. The maximum Gasteiger partial charge on any atom is 0.407 e. The quantitative estimate of drug-likeness (QED) is 0.507. The van der Waals surface area contributed by atoms with Gasteiger partial charge in [0.15, 0.2) is 0 Å². The van der Waals surface area contributed by atoms with Crippen LogP contribution in [0.3, 0.4) is 0 Å². The first-order valence-corrected chi connectivity index (χ1v) is 14.0. The van der Waals surface area contributed by atoms with Crippen molar-refractivity contribution in [3.05, 3.63) is 65.2 Å². The molecule has 3 amide bonds. The molecule has 2 heterocycles. The fraction of sp³-hybridized carbons (Fsp3) is 0.516. The van der Waals surface area contributed by atoms with Crippen molar-refractivity contribution in [2.45, 2.75) is 70.9 Å². The van der Waals surface area contributed by atoms with E-state index in [1.54, 1.807) is 6.07 Å². The van der Waals surface area contributed by atoms with Gasteiger partial charge in [0.2, 0.25) is 5.91 Å². The number of nitrogens with zero attached hydrogens (tertiary/aromatic N) is 2. The van der Waals surface area contributed by atoms with Gasteiger partial charge in [-0.15, -0.1) is 0 Å². The van der Waals surface area contributed by atoms with Crippen molar-refractivity contribution < 1.29 is 23.9 Å². The van der Waals surface area contributed by atoms with Gasteiger partial charge in [-0.2, -0.15) is 0 Å². The van der Waals surface area contributed by atoms with Gasteiger partial charge < -0.3 is 24.6 Å². The summed E-state index contributed by atoms with van der Waals surface area (Å²) in [6.07, 6.45) is 3.84. The molecule has 0 aromatic heterocycles. The Kier molecular flexibility index (Phi) is 9.49. The lowest BCUT2D eigenvalue weighted by Crippen LogP contribution is -2.38. The molecule has 210 valence electrons. The van der Waals surface area contributed by atoms with Gasteiger partial charge >= 0.3 is 6.09 Å². The maximum absolute atomic E-state index is 13.2. The van der Waals surface area contributed by atoms with E-state index in [1.165, 1.54) is 5.56 Å². The summed E-state index contributed by atoms with van der Waals surface area (Å²) in [5.41, 5.74) is 2.33. The molecule has 8 heteroatoms. The number of amides is 3. The summed E-state index contributed by atoms with van der Waals surface area (Å²) in [6.45, 7) is 9.29. The summed E-state index contributed by atoms with van der Waals surface area (Å²) >= 11 is 0. The van der Waals surface area contributed by atoms with Gasteiger partial charge in [0, 0.05) is 38.3 Å². The van der Waals surface area contributed by atoms with Crippen LogP contribution in [0.2, 0.25) is 0 Å². The van der Waals surface area contributed by atoms with Crippen LogP contribution in [0.1, 0.15) is 80.3 Å². The molecule has 0 radical (unpaired) electrons. The minimum Gasteiger partial charge on any atom is -0.493 e. The third-order valence-electron chi connectivity index (χ3n) is 7.16. The molecular weight excluding hydrogens is 494 g/mol. The van der Waals surface area contributed by atoms with Crippen LogP contribution in [-0.4, -0.2) is 66.1 Å². The van der Waals surface area contributed by atoms with Crippen molar-refractivity contribution in [1.29, 1.82) is 0 Å².